The summed E-state index contributed by atoms with van der Waals surface area (Å²) in [6.07, 6.45) is 13.9. The zero-order valence-corrected chi connectivity index (χ0v) is 23.6. The maximum atomic E-state index is 3.62. The summed E-state index contributed by atoms with van der Waals surface area (Å²) in [6.45, 7) is 27.0. The van der Waals surface area contributed by atoms with E-state index in [0.717, 1.165) is 35.5 Å². The van der Waals surface area contributed by atoms with Crippen molar-refractivity contribution in [2.75, 3.05) is 7.05 Å². The van der Waals surface area contributed by atoms with Gasteiger partial charge in [-0.2, -0.15) is 0 Å². The van der Waals surface area contributed by atoms with Crippen LogP contribution in [0.15, 0.2) is 12.2 Å². The molecule has 0 heterocycles. The quantitative estimate of drug-likeness (QED) is 0.343. The van der Waals surface area contributed by atoms with Crippen LogP contribution in [0, 0.1) is 35.5 Å². The van der Waals surface area contributed by atoms with Gasteiger partial charge in [-0.1, -0.05) is 114 Å². The molecule has 0 aromatic rings. The third-order valence-corrected chi connectivity index (χ3v) is 6.96. The first-order chi connectivity index (χ1) is 14.3. The Kier molecular flexibility index (Phi) is 26.7. The van der Waals surface area contributed by atoms with Gasteiger partial charge in [0.1, 0.15) is 0 Å². The van der Waals surface area contributed by atoms with E-state index in [1.54, 1.807) is 0 Å². The third kappa shape index (κ3) is 16.4. The monoisotopic (exact) mass is 425 g/mol. The smallest absolute Gasteiger partial charge is 0.00975 e. The molecule has 0 aromatic carbocycles. The predicted molar refractivity (Wildman–Crippen MR) is 143 cm³/mol. The molecule has 0 saturated heterocycles. The minimum Gasteiger partial charge on any atom is -0.317 e. The highest BCUT2D eigenvalue weighted by atomic mass is 14.9. The molecular formula is C29H63N. The number of nitrogens with one attached hydrogen (secondary N) is 1. The minimum absolute atomic E-state index is 0.678. The van der Waals surface area contributed by atoms with E-state index in [1.807, 2.05) is 27.7 Å². The Hall–Kier alpha value is -0.300. The van der Waals surface area contributed by atoms with E-state index in [1.165, 1.54) is 44.9 Å². The Morgan fingerprint density at radius 2 is 1.47 bits per heavy atom. The molecule has 0 aromatic heterocycles. The van der Waals surface area contributed by atoms with Crippen molar-refractivity contribution >= 4 is 0 Å². The van der Waals surface area contributed by atoms with E-state index in [0.29, 0.717) is 6.04 Å². The highest BCUT2D eigenvalue weighted by molar-refractivity contribution is 4.88. The van der Waals surface area contributed by atoms with Gasteiger partial charge in [-0.3, -0.25) is 0 Å². The highest BCUT2D eigenvalue weighted by Gasteiger charge is 2.28. The highest BCUT2D eigenvalue weighted by Crippen LogP contribution is 2.31. The van der Waals surface area contributed by atoms with Gasteiger partial charge < -0.3 is 5.32 Å². The predicted octanol–water partition coefficient (Wildman–Crippen LogP) is 9.77. The van der Waals surface area contributed by atoms with E-state index in [-0.39, 0.29) is 0 Å². The fourth-order valence-corrected chi connectivity index (χ4v) is 4.34. The van der Waals surface area contributed by atoms with Crippen LogP contribution in [0.5, 0.6) is 0 Å². The lowest BCUT2D eigenvalue weighted by Crippen LogP contribution is -2.40. The van der Waals surface area contributed by atoms with Crippen LogP contribution < -0.4 is 5.32 Å². The molecule has 0 amide bonds. The second-order valence-electron chi connectivity index (χ2n) is 9.44. The van der Waals surface area contributed by atoms with Crippen molar-refractivity contribution in [3.8, 4) is 0 Å². The summed E-state index contributed by atoms with van der Waals surface area (Å²) in [5, 5.41) is 3.62. The van der Waals surface area contributed by atoms with E-state index in [4.69, 9.17) is 0 Å². The Balaban J connectivity index is -0.000000543. The van der Waals surface area contributed by atoms with Crippen molar-refractivity contribution in [1.82, 2.24) is 5.32 Å². The number of hydrogen-bond acceptors (Lipinski definition) is 1. The van der Waals surface area contributed by atoms with Crippen LogP contribution in [-0.4, -0.2) is 13.1 Å². The van der Waals surface area contributed by atoms with Gasteiger partial charge in [-0.05, 0) is 68.2 Å². The first-order valence-corrected chi connectivity index (χ1v) is 13.6. The molecule has 1 N–H and O–H groups in total. The van der Waals surface area contributed by atoms with Gasteiger partial charge in [0.15, 0.2) is 0 Å². The van der Waals surface area contributed by atoms with E-state index >= 15 is 0 Å². The summed E-state index contributed by atoms with van der Waals surface area (Å²) in [5.41, 5.74) is 0. The van der Waals surface area contributed by atoms with E-state index < -0.39 is 0 Å². The summed E-state index contributed by atoms with van der Waals surface area (Å²) >= 11 is 0. The summed E-state index contributed by atoms with van der Waals surface area (Å²) in [5.74, 6) is 5.02. The molecule has 184 valence electrons. The SMILES string of the molecule is CC.CC.CC1CC=CCC1.CCCC(C)C(C)CC(NC)C(CC)C(C)C(C)C. The lowest BCUT2D eigenvalue weighted by molar-refractivity contribution is 0.177. The lowest BCUT2D eigenvalue weighted by atomic mass is 9.75. The average molecular weight is 426 g/mol. The standard InChI is InChI=1S/C18H39N.C7H12.2C2H6/c1-9-11-14(5)15(6)12-18(19-8)17(10-2)16(7)13(3)4;1-7-5-3-2-4-6-7;2*1-2/h13-19H,9-12H2,1-8H3;2-3,7H,4-6H2,1H3;2*1-2H3. The van der Waals surface area contributed by atoms with Crippen LogP contribution in [0.3, 0.4) is 0 Å². The average Bonchev–Trinajstić information content (AvgIpc) is 2.77. The van der Waals surface area contributed by atoms with Gasteiger partial charge in [-0.15, -0.1) is 0 Å². The minimum atomic E-state index is 0.678. The van der Waals surface area contributed by atoms with Crippen LogP contribution in [0.2, 0.25) is 0 Å². The number of hydrogen-bond donors (Lipinski definition) is 1. The van der Waals surface area contributed by atoms with Crippen LogP contribution in [0.1, 0.15) is 128 Å². The summed E-state index contributed by atoms with van der Waals surface area (Å²) < 4.78 is 0. The molecular weight excluding hydrogens is 362 g/mol. The Labute approximate surface area is 194 Å². The van der Waals surface area contributed by atoms with Crippen molar-refractivity contribution in [3.63, 3.8) is 0 Å². The van der Waals surface area contributed by atoms with Crippen molar-refractivity contribution in [2.24, 2.45) is 35.5 Å². The molecule has 0 spiro atoms. The largest absolute Gasteiger partial charge is 0.317 e. The fraction of sp³-hybridized carbons (Fsp3) is 0.931. The maximum Gasteiger partial charge on any atom is 0.00975 e. The lowest BCUT2D eigenvalue weighted by Gasteiger charge is -2.36. The molecule has 0 bridgehead atoms. The Bertz CT molecular complexity index is 346. The topological polar surface area (TPSA) is 12.0 Å². The molecule has 30 heavy (non-hydrogen) atoms. The van der Waals surface area contributed by atoms with Crippen molar-refractivity contribution in [3.05, 3.63) is 12.2 Å². The maximum absolute atomic E-state index is 3.62. The molecule has 1 rings (SSSR count). The van der Waals surface area contributed by atoms with Gasteiger partial charge >= 0.3 is 0 Å². The number of allylic oxidation sites excluding steroid dienone is 2. The van der Waals surface area contributed by atoms with E-state index in [9.17, 15) is 0 Å². The van der Waals surface area contributed by atoms with Gasteiger partial charge in [0.2, 0.25) is 0 Å². The molecule has 0 radical (unpaired) electrons. The zero-order valence-electron chi connectivity index (χ0n) is 23.6. The summed E-state index contributed by atoms with van der Waals surface area (Å²) in [6, 6.07) is 0.678. The fourth-order valence-electron chi connectivity index (χ4n) is 4.34. The molecule has 0 aliphatic heterocycles. The zero-order chi connectivity index (χ0) is 24.1. The van der Waals surface area contributed by atoms with Gasteiger partial charge in [0.05, 0.1) is 0 Å². The van der Waals surface area contributed by atoms with E-state index in [2.05, 4.69) is 79.9 Å². The first kappa shape index (κ1) is 34.3. The molecule has 1 aliphatic rings. The second-order valence-corrected chi connectivity index (χ2v) is 9.44. The summed E-state index contributed by atoms with van der Waals surface area (Å²) in [7, 11) is 2.15. The molecule has 0 saturated carbocycles. The Morgan fingerprint density at radius 3 is 1.77 bits per heavy atom. The number of rotatable bonds is 10. The van der Waals surface area contributed by atoms with Crippen LogP contribution in [0.4, 0.5) is 0 Å². The van der Waals surface area contributed by atoms with Gasteiger partial charge in [0.25, 0.3) is 0 Å². The molecule has 6 atom stereocenters. The molecule has 0 fully saturated rings. The summed E-state index contributed by atoms with van der Waals surface area (Å²) in [4.78, 5) is 0. The van der Waals surface area contributed by atoms with Gasteiger partial charge in [0, 0.05) is 6.04 Å². The Morgan fingerprint density at radius 1 is 0.900 bits per heavy atom. The third-order valence-electron chi connectivity index (χ3n) is 6.96. The van der Waals surface area contributed by atoms with Crippen LogP contribution >= 0.6 is 0 Å². The van der Waals surface area contributed by atoms with Crippen molar-refractivity contribution in [1.29, 1.82) is 0 Å². The first-order valence-electron chi connectivity index (χ1n) is 13.6. The molecule has 1 nitrogen and oxygen atoms in total. The molecule has 6 unspecified atom stereocenters. The normalized spacial score (nSPS) is 20.3. The van der Waals surface area contributed by atoms with Gasteiger partial charge in [-0.25, -0.2) is 0 Å². The molecule has 1 heteroatoms. The van der Waals surface area contributed by atoms with Crippen LogP contribution in [0.25, 0.3) is 0 Å². The van der Waals surface area contributed by atoms with Crippen molar-refractivity contribution in [2.45, 2.75) is 134 Å². The second kappa shape index (κ2) is 23.4. The molecule has 1 aliphatic carbocycles. The van der Waals surface area contributed by atoms with Crippen LogP contribution in [-0.2, 0) is 0 Å². The van der Waals surface area contributed by atoms with Crippen molar-refractivity contribution < 1.29 is 0 Å².